The van der Waals surface area contributed by atoms with E-state index in [1.807, 2.05) is 6.92 Å². The maximum Gasteiger partial charge on any atom is 0.315 e. The fourth-order valence-electron chi connectivity index (χ4n) is 2.53. The topological polar surface area (TPSA) is 129 Å². The van der Waals surface area contributed by atoms with Gasteiger partial charge in [0, 0.05) is 11.6 Å². The number of methoxy groups -OCH3 is 2. The monoisotopic (exact) mass is 437 g/mol. The van der Waals surface area contributed by atoms with Gasteiger partial charge in [-0.3, -0.25) is 10.1 Å². The molecule has 11 heteroatoms. The number of nitro groups is 1. The molecule has 1 N–H and O–H groups in total. The van der Waals surface area contributed by atoms with E-state index in [1.54, 1.807) is 13.0 Å². The maximum absolute atomic E-state index is 12.6. The molecular formula is C19H23N3O7S. The van der Waals surface area contributed by atoms with Crippen LogP contribution in [-0.4, -0.2) is 40.4 Å². The lowest BCUT2D eigenvalue weighted by Crippen LogP contribution is -2.19. The largest absolute Gasteiger partial charge is 0.495 e. The van der Waals surface area contributed by atoms with Crippen LogP contribution in [0.5, 0.6) is 17.2 Å². The van der Waals surface area contributed by atoms with Gasteiger partial charge in [0.1, 0.15) is 10.6 Å². The first-order valence-corrected chi connectivity index (χ1v) is 10.4. The van der Waals surface area contributed by atoms with Gasteiger partial charge in [-0.25, -0.2) is 0 Å². The molecule has 162 valence electrons. The summed E-state index contributed by atoms with van der Waals surface area (Å²) in [6.07, 6.45) is 1.80. The van der Waals surface area contributed by atoms with Crippen molar-refractivity contribution in [1.29, 1.82) is 0 Å². The molecule has 0 unspecified atom stereocenters. The summed E-state index contributed by atoms with van der Waals surface area (Å²) >= 11 is 0. The number of nitrogens with one attached hydrogen (secondary N) is 1. The third kappa shape index (κ3) is 5.38. The van der Waals surface area contributed by atoms with Crippen LogP contribution in [0.2, 0.25) is 0 Å². The second kappa shape index (κ2) is 9.92. The number of sulfonamides is 1. The van der Waals surface area contributed by atoms with Gasteiger partial charge in [-0.05, 0) is 37.1 Å². The van der Waals surface area contributed by atoms with E-state index >= 15 is 0 Å². The smallest absolute Gasteiger partial charge is 0.315 e. The lowest BCUT2D eigenvalue weighted by Gasteiger charge is -2.11. The van der Waals surface area contributed by atoms with Crippen molar-refractivity contribution in [1.82, 2.24) is 4.83 Å². The second-order valence-corrected chi connectivity index (χ2v) is 7.81. The van der Waals surface area contributed by atoms with Gasteiger partial charge in [0.15, 0.2) is 5.75 Å². The van der Waals surface area contributed by atoms with Gasteiger partial charge < -0.3 is 14.2 Å². The third-order valence-corrected chi connectivity index (χ3v) is 5.16. The van der Waals surface area contributed by atoms with Crippen LogP contribution in [0.15, 0.2) is 40.3 Å². The Balaban J connectivity index is 2.35. The van der Waals surface area contributed by atoms with Crippen LogP contribution in [0.25, 0.3) is 0 Å². The van der Waals surface area contributed by atoms with Crippen LogP contribution < -0.4 is 19.0 Å². The lowest BCUT2D eigenvalue weighted by molar-refractivity contribution is -0.386. The highest BCUT2D eigenvalue weighted by Gasteiger charge is 2.22. The normalized spacial score (nSPS) is 11.3. The van der Waals surface area contributed by atoms with Crippen LogP contribution in [-0.2, 0) is 10.0 Å². The molecule has 0 aromatic heterocycles. The SMILES string of the molecule is CCCOc1c(OC)cc(/C=N/NS(=O)(=O)c2cc(C)ccc2OC)cc1[N+](=O)[O-]. The molecule has 0 saturated heterocycles. The molecule has 0 spiro atoms. The Morgan fingerprint density at radius 1 is 1.17 bits per heavy atom. The van der Waals surface area contributed by atoms with Crippen molar-refractivity contribution in [3.63, 3.8) is 0 Å². The fourth-order valence-corrected chi connectivity index (χ4v) is 3.58. The molecule has 0 amide bonds. The van der Waals surface area contributed by atoms with E-state index in [0.717, 1.165) is 11.8 Å². The van der Waals surface area contributed by atoms with Gasteiger partial charge in [-0.1, -0.05) is 13.0 Å². The standard InChI is InChI=1S/C19H23N3O7S/c1-5-8-29-19-15(22(23)24)10-14(11-17(19)28-4)12-20-21-30(25,26)18-9-13(2)6-7-16(18)27-3/h6-7,9-12,21H,5,8H2,1-4H3/b20-12+. The fraction of sp³-hybridized carbons (Fsp3) is 0.316. The average molecular weight is 437 g/mol. The minimum absolute atomic E-state index is 0.00609. The summed E-state index contributed by atoms with van der Waals surface area (Å²) in [6.45, 7) is 3.90. The Morgan fingerprint density at radius 2 is 1.87 bits per heavy atom. The molecule has 0 aliphatic heterocycles. The predicted molar refractivity (Wildman–Crippen MR) is 111 cm³/mol. The molecule has 0 bridgehead atoms. The van der Waals surface area contributed by atoms with Crippen molar-refractivity contribution in [2.24, 2.45) is 5.10 Å². The molecule has 0 saturated carbocycles. The zero-order valence-corrected chi connectivity index (χ0v) is 17.9. The van der Waals surface area contributed by atoms with Crippen LogP contribution in [0.3, 0.4) is 0 Å². The van der Waals surface area contributed by atoms with E-state index < -0.39 is 14.9 Å². The summed E-state index contributed by atoms with van der Waals surface area (Å²) in [5.74, 6) is 0.312. The summed E-state index contributed by atoms with van der Waals surface area (Å²) in [7, 11) is -1.31. The van der Waals surface area contributed by atoms with Gasteiger partial charge >= 0.3 is 5.69 Å². The Morgan fingerprint density at radius 3 is 2.47 bits per heavy atom. The molecule has 0 fully saturated rings. The average Bonchev–Trinajstić information content (AvgIpc) is 2.71. The second-order valence-electron chi connectivity index (χ2n) is 6.18. The van der Waals surface area contributed by atoms with Crippen molar-refractivity contribution in [3.05, 3.63) is 51.6 Å². The number of aryl methyl sites for hydroxylation is 1. The minimum Gasteiger partial charge on any atom is -0.495 e. The minimum atomic E-state index is -4.02. The van der Waals surface area contributed by atoms with Gasteiger partial charge in [0.2, 0.25) is 5.75 Å². The highest BCUT2D eigenvalue weighted by molar-refractivity contribution is 7.89. The Labute approximate surface area is 174 Å². The van der Waals surface area contributed by atoms with E-state index in [1.165, 1.54) is 38.5 Å². The zero-order valence-electron chi connectivity index (χ0n) is 17.0. The maximum atomic E-state index is 12.6. The van der Waals surface area contributed by atoms with Crippen molar-refractivity contribution in [2.75, 3.05) is 20.8 Å². The number of hydrazone groups is 1. The van der Waals surface area contributed by atoms with Crippen molar-refractivity contribution < 1.29 is 27.6 Å². The Hall–Kier alpha value is -3.34. The lowest BCUT2D eigenvalue weighted by atomic mass is 10.2. The Kier molecular flexibility index (Phi) is 7.59. The number of nitro benzene ring substituents is 1. The highest BCUT2D eigenvalue weighted by Crippen LogP contribution is 2.38. The van der Waals surface area contributed by atoms with Crippen molar-refractivity contribution in [2.45, 2.75) is 25.2 Å². The van der Waals surface area contributed by atoms with Crippen LogP contribution in [0, 0.1) is 17.0 Å². The number of rotatable bonds is 10. The predicted octanol–water partition coefficient (Wildman–Crippen LogP) is 3.02. The van der Waals surface area contributed by atoms with E-state index in [4.69, 9.17) is 14.2 Å². The molecule has 0 atom stereocenters. The van der Waals surface area contributed by atoms with Gasteiger partial charge in [-0.15, -0.1) is 0 Å². The molecule has 2 aromatic carbocycles. The molecule has 2 rings (SSSR count). The zero-order chi connectivity index (χ0) is 22.3. The quantitative estimate of drug-likeness (QED) is 0.343. The van der Waals surface area contributed by atoms with Gasteiger partial charge in [0.25, 0.3) is 10.0 Å². The summed E-state index contributed by atoms with van der Waals surface area (Å²) in [5, 5.41) is 15.2. The summed E-state index contributed by atoms with van der Waals surface area (Å²) < 4.78 is 40.9. The van der Waals surface area contributed by atoms with Crippen molar-refractivity contribution >= 4 is 21.9 Å². The molecule has 0 aliphatic carbocycles. The van der Waals surface area contributed by atoms with E-state index in [9.17, 15) is 18.5 Å². The molecule has 0 radical (unpaired) electrons. The van der Waals surface area contributed by atoms with Crippen LogP contribution >= 0.6 is 0 Å². The van der Waals surface area contributed by atoms with Gasteiger partial charge in [-0.2, -0.15) is 18.4 Å². The Bertz CT molecular complexity index is 1050. The molecular weight excluding hydrogens is 414 g/mol. The summed E-state index contributed by atoms with van der Waals surface area (Å²) in [6, 6.07) is 7.39. The molecule has 0 heterocycles. The number of ether oxygens (including phenoxy) is 3. The highest BCUT2D eigenvalue weighted by atomic mass is 32.2. The molecule has 10 nitrogen and oxygen atoms in total. The first kappa shape index (κ1) is 22.9. The first-order valence-electron chi connectivity index (χ1n) is 8.92. The number of hydrogen-bond donors (Lipinski definition) is 1. The van der Waals surface area contributed by atoms with Gasteiger partial charge in [0.05, 0.1) is 32.0 Å². The summed E-state index contributed by atoms with van der Waals surface area (Å²) in [5.41, 5.74) is 0.664. The molecule has 0 aliphatic rings. The van der Waals surface area contributed by atoms with E-state index in [-0.39, 0.29) is 40.0 Å². The number of hydrogen-bond acceptors (Lipinski definition) is 8. The summed E-state index contributed by atoms with van der Waals surface area (Å²) in [4.78, 5) is 12.8. The first-order chi connectivity index (χ1) is 14.2. The van der Waals surface area contributed by atoms with E-state index in [2.05, 4.69) is 9.93 Å². The van der Waals surface area contributed by atoms with Crippen molar-refractivity contribution in [3.8, 4) is 17.2 Å². The van der Waals surface area contributed by atoms with Crippen LogP contribution in [0.4, 0.5) is 5.69 Å². The molecule has 2 aromatic rings. The number of benzene rings is 2. The number of nitrogens with zero attached hydrogens (tertiary/aromatic N) is 2. The third-order valence-electron chi connectivity index (χ3n) is 3.92. The van der Waals surface area contributed by atoms with E-state index in [0.29, 0.717) is 6.42 Å². The van der Waals surface area contributed by atoms with Crippen LogP contribution in [0.1, 0.15) is 24.5 Å². The molecule has 30 heavy (non-hydrogen) atoms.